The van der Waals surface area contributed by atoms with Gasteiger partial charge in [-0.25, -0.2) is 0 Å². The van der Waals surface area contributed by atoms with Crippen molar-refractivity contribution in [2.24, 2.45) is 0 Å². The summed E-state index contributed by atoms with van der Waals surface area (Å²) in [5.41, 5.74) is 10.7. The van der Waals surface area contributed by atoms with Crippen molar-refractivity contribution in [3.8, 4) is 0 Å². The van der Waals surface area contributed by atoms with Crippen LogP contribution < -0.4 is 0 Å². The summed E-state index contributed by atoms with van der Waals surface area (Å²) < 4.78 is 0. The predicted molar refractivity (Wildman–Crippen MR) is 111 cm³/mol. The Morgan fingerprint density at radius 3 is 2.58 bits per heavy atom. The van der Waals surface area contributed by atoms with Crippen LogP contribution in [0, 0.1) is 20.8 Å². The maximum atomic E-state index is 4.79. The summed E-state index contributed by atoms with van der Waals surface area (Å²) in [6, 6.07) is 11.6. The first-order chi connectivity index (χ1) is 12.6. The maximum absolute atomic E-state index is 4.79. The third-order valence-electron chi connectivity index (χ3n) is 6.40. The van der Waals surface area contributed by atoms with E-state index in [1.807, 2.05) is 6.20 Å². The molecule has 0 atom stereocenters. The number of pyridine rings is 1. The van der Waals surface area contributed by atoms with Gasteiger partial charge in [-0.2, -0.15) is 0 Å². The van der Waals surface area contributed by atoms with Gasteiger partial charge in [-0.05, 0) is 84.9 Å². The first-order valence-electron chi connectivity index (χ1n) is 9.85. The lowest BCUT2D eigenvalue weighted by molar-refractivity contribution is 0.724. The minimum atomic E-state index is 0.743. The van der Waals surface area contributed by atoms with E-state index in [1.54, 1.807) is 0 Å². The van der Waals surface area contributed by atoms with Gasteiger partial charge in [-0.15, -0.1) is 0 Å². The molecule has 0 amide bonds. The second-order valence-electron chi connectivity index (χ2n) is 8.16. The lowest BCUT2D eigenvalue weighted by atomic mass is 9.92. The standard InChI is InChI=1S/C25H25N/c1-15-10-16(2)17(3)22(11-15)23-14-21-13-20(18-6-4-5-7-18)12-19-8-9-26-25(23)24(19)21/h8-14,18H,4-7H2,1-3H3. The van der Waals surface area contributed by atoms with Gasteiger partial charge in [-0.1, -0.05) is 42.7 Å². The molecule has 0 unspecified atom stereocenters. The second kappa shape index (κ2) is 5.81. The van der Waals surface area contributed by atoms with Crippen LogP contribution in [0.2, 0.25) is 0 Å². The highest BCUT2D eigenvalue weighted by atomic mass is 14.7. The molecule has 2 aliphatic rings. The fourth-order valence-corrected chi connectivity index (χ4v) is 4.93. The molecule has 0 aliphatic heterocycles. The molecule has 130 valence electrons. The minimum absolute atomic E-state index is 0.743. The molecule has 1 heteroatoms. The van der Waals surface area contributed by atoms with Gasteiger partial charge in [0.25, 0.3) is 0 Å². The number of benzene rings is 2. The van der Waals surface area contributed by atoms with Crippen LogP contribution in [0.1, 0.15) is 70.7 Å². The number of hydrogen-bond donors (Lipinski definition) is 0. The number of hydrogen-bond acceptors (Lipinski definition) is 1. The first-order valence-corrected chi connectivity index (χ1v) is 9.85. The average Bonchev–Trinajstić information content (AvgIpc) is 3.28. The van der Waals surface area contributed by atoms with Crippen molar-refractivity contribution < 1.29 is 0 Å². The minimum Gasteiger partial charge on any atom is -0.256 e. The molecule has 0 N–H and O–H groups in total. The Balaban J connectivity index is 1.72. The molecule has 0 radical (unpaired) electrons. The second-order valence-corrected chi connectivity index (χ2v) is 8.16. The van der Waals surface area contributed by atoms with Crippen molar-refractivity contribution in [3.63, 3.8) is 0 Å². The summed E-state index contributed by atoms with van der Waals surface area (Å²) in [6.45, 7) is 6.63. The highest BCUT2D eigenvalue weighted by Crippen LogP contribution is 2.43. The van der Waals surface area contributed by atoms with Crippen LogP contribution in [-0.2, 0) is 0 Å². The summed E-state index contributed by atoms with van der Waals surface area (Å²) in [6.07, 6.45) is 9.80. The molecular formula is C25H25N. The average molecular weight is 339 g/mol. The monoisotopic (exact) mass is 339 g/mol. The van der Waals surface area contributed by atoms with Crippen molar-refractivity contribution in [2.75, 3.05) is 0 Å². The molecule has 26 heavy (non-hydrogen) atoms. The van der Waals surface area contributed by atoms with Crippen molar-refractivity contribution in [1.29, 1.82) is 0 Å². The highest BCUT2D eigenvalue weighted by molar-refractivity contribution is 6.12. The Hall–Kier alpha value is -2.41. The molecular weight excluding hydrogens is 314 g/mol. The van der Waals surface area contributed by atoms with Crippen LogP contribution in [0.3, 0.4) is 0 Å². The van der Waals surface area contributed by atoms with Crippen LogP contribution in [0.4, 0.5) is 0 Å². The van der Waals surface area contributed by atoms with Gasteiger partial charge in [0, 0.05) is 17.2 Å². The van der Waals surface area contributed by atoms with Gasteiger partial charge in [0.15, 0.2) is 0 Å². The zero-order chi connectivity index (χ0) is 17.8. The summed E-state index contributed by atoms with van der Waals surface area (Å²) in [7, 11) is 0. The zero-order valence-corrected chi connectivity index (χ0v) is 15.9. The molecule has 0 spiro atoms. The molecule has 1 nitrogen and oxygen atoms in total. The third kappa shape index (κ3) is 2.34. The molecule has 3 aromatic rings. The van der Waals surface area contributed by atoms with Crippen LogP contribution in [0.25, 0.3) is 22.4 Å². The van der Waals surface area contributed by atoms with Gasteiger partial charge in [-0.3, -0.25) is 4.98 Å². The lowest BCUT2D eigenvalue weighted by Gasteiger charge is -2.13. The highest BCUT2D eigenvalue weighted by Gasteiger charge is 2.24. The Morgan fingerprint density at radius 2 is 1.77 bits per heavy atom. The van der Waals surface area contributed by atoms with Crippen molar-refractivity contribution >= 4 is 22.4 Å². The molecule has 1 saturated carbocycles. The topological polar surface area (TPSA) is 12.9 Å². The van der Waals surface area contributed by atoms with Gasteiger partial charge >= 0.3 is 0 Å². The smallest absolute Gasteiger partial charge is 0.0792 e. The molecule has 1 fully saturated rings. The fraction of sp³-hybridized carbons (Fsp3) is 0.320. The molecule has 0 bridgehead atoms. The summed E-state index contributed by atoms with van der Waals surface area (Å²) in [5, 5.41) is 2.69. The summed E-state index contributed by atoms with van der Waals surface area (Å²) in [4.78, 5) is 4.79. The van der Waals surface area contributed by atoms with Crippen molar-refractivity contribution in [2.45, 2.75) is 52.4 Å². The van der Waals surface area contributed by atoms with E-state index in [0.717, 1.165) is 11.6 Å². The molecule has 2 aliphatic carbocycles. The van der Waals surface area contributed by atoms with Crippen LogP contribution in [0.5, 0.6) is 0 Å². The summed E-state index contributed by atoms with van der Waals surface area (Å²) in [5.74, 6) is 0.743. The van der Waals surface area contributed by atoms with E-state index >= 15 is 0 Å². The Kier molecular flexibility index (Phi) is 3.53. The van der Waals surface area contributed by atoms with E-state index in [-0.39, 0.29) is 0 Å². The van der Waals surface area contributed by atoms with Crippen LogP contribution in [0.15, 0.2) is 36.5 Å². The molecule has 2 aromatic carbocycles. The first kappa shape index (κ1) is 15.8. The Morgan fingerprint density at radius 1 is 0.962 bits per heavy atom. The van der Waals surface area contributed by atoms with E-state index in [4.69, 9.17) is 4.98 Å². The zero-order valence-electron chi connectivity index (χ0n) is 15.9. The third-order valence-corrected chi connectivity index (χ3v) is 6.40. The number of aromatic nitrogens is 1. The number of aryl methyl sites for hydroxylation is 2. The lowest BCUT2D eigenvalue weighted by Crippen LogP contribution is -1.96. The normalized spacial score (nSPS) is 16.5. The van der Waals surface area contributed by atoms with E-state index in [0.29, 0.717) is 0 Å². The fourth-order valence-electron chi connectivity index (χ4n) is 4.93. The van der Waals surface area contributed by atoms with E-state index in [2.05, 4.69) is 57.2 Å². The number of rotatable bonds is 2. The molecule has 5 rings (SSSR count). The van der Waals surface area contributed by atoms with Gasteiger partial charge in [0.1, 0.15) is 0 Å². The van der Waals surface area contributed by atoms with E-state index < -0.39 is 0 Å². The van der Waals surface area contributed by atoms with Gasteiger partial charge < -0.3 is 0 Å². The molecule has 0 saturated heterocycles. The van der Waals surface area contributed by atoms with E-state index in [9.17, 15) is 0 Å². The molecule has 1 heterocycles. The number of nitrogens with zero attached hydrogens (tertiary/aromatic N) is 1. The van der Waals surface area contributed by atoms with Crippen molar-refractivity contribution in [3.05, 3.63) is 75.6 Å². The predicted octanol–water partition coefficient (Wildman–Crippen LogP) is 6.72. The molecule has 1 aromatic heterocycles. The quantitative estimate of drug-likeness (QED) is 0.395. The Labute approximate surface area is 155 Å². The van der Waals surface area contributed by atoms with Crippen LogP contribution >= 0.6 is 0 Å². The maximum Gasteiger partial charge on any atom is 0.0792 e. The largest absolute Gasteiger partial charge is 0.256 e. The Bertz CT molecular complexity index is 1070. The summed E-state index contributed by atoms with van der Waals surface area (Å²) >= 11 is 0. The van der Waals surface area contributed by atoms with Gasteiger partial charge in [0.05, 0.1) is 5.69 Å². The van der Waals surface area contributed by atoms with Crippen LogP contribution in [-0.4, -0.2) is 4.98 Å². The van der Waals surface area contributed by atoms with Gasteiger partial charge in [0.2, 0.25) is 0 Å². The SMILES string of the molecule is Cc1cc(C)c(C)c(C2=Cc3cc(C4CCCC4)cc4ccnc2c34)c1. The van der Waals surface area contributed by atoms with E-state index in [1.165, 1.54) is 75.4 Å². The van der Waals surface area contributed by atoms with Crippen molar-refractivity contribution in [1.82, 2.24) is 4.98 Å².